The highest BCUT2D eigenvalue weighted by Crippen LogP contribution is 2.39. The molecule has 0 aromatic heterocycles. The molecule has 0 heterocycles. The Balaban J connectivity index is 4.39. The van der Waals surface area contributed by atoms with Crippen LogP contribution in [0.5, 0.6) is 0 Å². The first-order valence-electron chi connectivity index (χ1n) is 7.99. The van der Waals surface area contributed by atoms with Crippen molar-refractivity contribution >= 4 is 0 Å². The van der Waals surface area contributed by atoms with Crippen molar-refractivity contribution < 1.29 is 0 Å². The van der Waals surface area contributed by atoms with Gasteiger partial charge in [-0.05, 0) is 43.1 Å². The van der Waals surface area contributed by atoms with E-state index in [9.17, 15) is 0 Å². The third kappa shape index (κ3) is 8.13. The van der Waals surface area contributed by atoms with Gasteiger partial charge < -0.3 is 5.32 Å². The summed E-state index contributed by atoms with van der Waals surface area (Å²) in [6.45, 7) is 17.7. The molecule has 0 aliphatic carbocycles. The van der Waals surface area contributed by atoms with Crippen LogP contribution < -0.4 is 5.32 Å². The van der Waals surface area contributed by atoms with Crippen LogP contribution in [0.15, 0.2) is 0 Å². The molecule has 0 radical (unpaired) electrons. The average Bonchev–Trinajstić information content (AvgIpc) is 2.24. The van der Waals surface area contributed by atoms with Crippen LogP contribution in [0.1, 0.15) is 87.0 Å². The van der Waals surface area contributed by atoms with Crippen LogP contribution in [-0.4, -0.2) is 12.6 Å². The van der Waals surface area contributed by atoms with Gasteiger partial charge in [-0.2, -0.15) is 0 Å². The van der Waals surface area contributed by atoms with E-state index >= 15 is 0 Å². The summed E-state index contributed by atoms with van der Waals surface area (Å²) in [6.07, 6.45) is 7.75. The molecule has 1 atom stereocenters. The van der Waals surface area contributed by atoms with Crippen LogP contribution in [0.4, 0.5) is 0 Å². The van der Waals surface area contributed by atoms with Gasteiger partial charge >= 0.3 is 0 Å². The summed E-state index contributed by atoms with van der Waals surface area (Å²) in [7, 11) is 0. The van der Waals surface area contributed by atoms with E-state index in [1.54, 1.807) is 0 Å². The molecular formula is C17H37N. The summed E-state index contributed by atoms with van der Waals surface area (Å²) in [5.41, 5.74) is 0.922. The lowest BCUT2D eigenvalue weighted by molar-refractivity contribution is 0.158. The molecule has 0 bridgehead atoms. The molecule has 0 aromatic carbocycles. The minimum Gasteiger partial charge on any atom is -0.314 e. The van der Waals surface area contributed by atoms with Crippen molar-refractivity contribution in [1.82, 2.24) is 5.32 Å². The van der Waals surface area contributed by atoms with Crippen molar-refractivity contribution in [3.8, 4) is 0 Å². The molecule has 0 aromatic rings. The number of rotatable bonds is 10. The van der Waals surface area contributed by atoms with Gasteiger partial charge in [0.05, 0.1) is 0 Å². The zero-order valence-corrected chi connectivity index (χ0v) is 14.0. The molecule has 0 aliphatic heterocycles. The molecule has 110 valence electrons. The third-order valence-corrected chi connectivity index (χ3v) is 4.03. The van der Waals surface area contributed by atoms with Crippen molar-refractivity contribution in [3.63, 3.8) is 0 Å². The molecule has 1 nitrogen and oxygen atoms in total. The van der Waals surface area contributed by atoms with E-state index in [1.807, 2.05) is 0 Å². The maximum Gasteiger partial charge on any atom is 0.00720 e. The highest BCUT2D eigenvalue weighted by Gasteiger charge is 2.29. The van der Waals surface area contributed by atoms with Crippen molar-refractivity contribution in [2.75, 3.05) is 6.54 Å². The van der Waals surface area contributed by atoms with E-state index in [2.05, 4.69) is 53.8 Å². The Kier molecular flexibility index (Phi) is 8.18. The van der Waals surface area contributed by atoms with E-state index in [0.717, 1.165) is 6.54 Å². The highest BCUT2D eigenvalue weighted by molar-refractivity contribution is 4.83. The van der Waals surface area contributed by atoms with Gasteiger partial charge in [0.1, 0.15) is 0 Å². The minimum absolute atomic E-state index is 0.445. The van der Waals surface area contributed by atoms with Crippen LogP contribution in [0.2, 0.25) is 0 Å². The molecule has 0 fully saturated rings. The molecule has 1 heteroatoms. The van der Waals surface area contributed by atoms with Crippen LogP contribution in [0.25, 0.3) is 0 Å². The first kappa shape index (κ1) is 18.0. The highest BCUT2D eigenvalue weighted by atomic mass is 14.9. The molecule has 0 saturated carbocycles. The SMILES string of the molecule is CCCNC(CCC)CC(C)(C)CC(C)(C)CC. The van der Waals surface area contributed by atoms with Crippen LogP contribution in [0.3, 0.4) is 0 Å². The van der Waals surface area contributed by atoms with Crippen molar-refractivity contribution in [1.29, 1.82) is 0 Å². The van der Waals surface area contributed by atoms with Crippen molar-refractivity contribution in [2.24, 2.45) is 10.8 Å². The summed E-state index contributed by atoms with van der Waals surface area (Å²) in [4.78, 5) is 0. The Morgan fingerprint density at radius 3 is 1.94 bits per heavy atom. The van der Waals surface area contributed by atoms with E-state index in [1.165, 1.54) is 38.5 Å². The molecule has 0 amide bonds. The first-order valence-corrected chi connectivity index (χ1v) is 7.99. The fourth-order valence-electron chi connectivity index (χ4n) is 3.13. The second-order valence-corrected chi connectivity index (χ2v) is 7.50. The molecule has 0 aliphatic rings. The van der Waals surface area contributed by atoms with Crippen molar-refractivity contribution in [3.05, 3.63) is 0 Å². The number of hydrogen-bond donors (Lipinski definition) is 1. The average molecular weight is 255 g/mol. The zero-order valence-electron chi connectivity index (χ0n) is 14.0. The lowest BCUT2D eigenvalue weighted by Gasteiger charge is -2.37. The topological polar surface area (TPSA) is 12.0 Å². The van der Waals surface area contributed by atoms with Gasteiger partial charge in [0.25, 0.3) is 0 Å². The lowest BCUT2D eigenvalue weighted by Crippen LogP contribution is -2.36. The summed E-state index contributed by atoms with van der Waals surface area (Å²) in [6, 6.07) is 0.706. The van der Waals surface area contributed by atoms with Gasteiger partial charge in [-0.3, -0.25) is 0 Å². The van der Waals surface area contributed by atoms with Crippen LogP contribution >= 0.6 is 0 Å². The summed E-state index contributed by atoms with van der Waals surface area (Å²) in [5.74, 6) is 0. The van der Waals surface area contributed by atoms with Gasteiger partial charge in [0.15, 0.2) is 0 Å². The smallest absolute Gasteiger partial charge is 0.00720 e. The molecule has 18 heavy (non-hydrogen) atoms. The van der Waals surface area contributed by atoms with Gasteiger partial charge in [-0.15, -0.1) is 0 Å². The molecular weight excluding hydrogens is 218 g/mol. The molecule has 0 spiro atoms. The Morgan fingerprint density at radius 2 is 1.50 bits per heavy atom. The standard InChI is InChI=1S/C17H37N/c1-8-11-15(18-12-9-2)13-17(6,7)14-16(4,5)10-3/h15,18H,8-14H2,1-7H3. The minimum atomic E-state index is 0.445. The second-order valence-electron chi connectivity index (χ2n) is 7.50. The summed E-state index contributed by atoms with van der Waals surface area (Å²) >= 11 is 0. The van der Waals surface area contributed by atoms with Gasteiger partial charge in [-0.25, -0.2) is 0 Å². The molecule has 1 unspecified atom stereocenters. The lowest BCUT2D eigenvalue weighted by atomic mass is 9.70. The normalized spacial score (nSPS) is 14.8. The Hall–Kier alpha value is -0.0400. The summed E-state index contributed by atoms with van der Waals surface area (Å²) < 4.78 is 0. The van der Waals surface area contributed by atoms with Crippen molar-refractivity contribution in [2.45, 2.75) is 93.0 Å². The maximum atomic E-state index is 3.73. The van der Waals surface area contributed by atoms with Crippen LogP contribution in [-0.2, 0) is 0 Å². The third-order valence-electron chi connectivity index (χ3n) is 4.03. The van der Waals surface area contributed by atoms with E-state index in [0.29, 0.717) is 16.9 Å². The first-order chi connectivity index (χ1) is 8.26. The monoisotopic (exact) mass is 255 g/mol. The van der Waals surface area contributed by atoms with Crippen LogP contribution in [0, 0.1) is 10.8 Å². The summed E-state index contributed by atoms with van der Waals surface area (Å²) in [5, 5.41) is 3.73. The number of nitrogens with one attached hydrogen (secondary N) is 1. The Bertz CT molecular complexity index is 206. The van der Waals surface area contributed by atoms with E-state index in [-0.39, 0.29) is 0 Å². The zero-order chi connectivity index (χ0) is 14.2. The fourth-order valence-corrected chi connectivity index (χ4v) is 3.13. The van der Waals surface area contributed by atoms with Gasteiger partial charge in [0, 0.05) is 6.04 Å². The maximum absolute atomic E-state index is 3.73. The molecule has 1 N–H and O–H groups in total. The quantitative estimate of drug-likeness (QED) is 0.551. The second kappa shape index (κ2) is 8.19. The molecule has 0 saturated heterocycles. The van der Waals surface area contributed by atoms with Gasteiger partial charge in [-0.1, -0.05) is 61.3 Å². The predicted octanol–water partition coefficient (Wildman–Crippen LogP) is 5.40. The van der Waals surface area contributed by atoms with E-state index in [4.69, 9.17) is 0 Å². The van der Waals surface area contributed by atoms with E-state index < -0.39 is 0 Å². The van der Waals surface area contributed by atoms with Gasteiger partial charge in [0.2, 0.25) is 0 Å². The Morgan fingerprint density at radius 1 is 0.889 bits per heavy atom. The predicted molar refractivity (Wildman–Crippen MR) is 84.1 cm³/mol. The molecule has 0 rings (SSSR count). The fraction of sp³-hybridized carbons (Fsp3) is 1.00. The Labute approximate surface area is 116 Å². The number of hydrogen-bond acceptors (Lipinski definition) is 1. The largest absolute Gasteiger partial charge is 0.314 e.